The number of nitrogens with one attached hydrogen (secondary N) is 2. The summed E-state index contributed by atoms with van der Waals surface area (Å²) < 4.78 is 37.8. The summed E-state index contributed by atoms with van der Waals surface area (Å²) in [7, 11) is -2.40. The van der Waals surface area contributed by atoms with Crippen molar-refractivity contribution in [3.8, 4) is 5.75 Å². The number of hydrogen-bond donors (Lipinski definition) is 2. The largest absolute Gasteiger partial charge is 0.496 e. The third-order valence-corrected chi connectivity index (χ3v) is 6.06. The third-order valence-electron chi connectivity index (χ3n) is 4.52. The lowest BCUT2D eigenvalue weighted by Gasteiger charge is -2.15. The Morgan fingerprint density at radius 2 is 1.77 bits per heavy atom. The van der Waals surface area contributed by atoms with Gasteiger partial charge in [0, 0.05) is 5.69 Å². The summed E-state index contributed by atoms with van der Waals surface area (Å²) >= 11 is 0. The van der Waals surface area contributed by atoms with Gasteiger partial charge in [-0.25, -0.2) is 13.2 Å². The molecule has 0 heterocycles. The van der Waals surface area contributed by atoms with Gasteiger partial charge in [0.2, 0.25) is 15.9 Å². The number of carbonyl (C=O) groups excluding carboxylic acids is 2. The number of methoxy groups -OCH3 is 1. The van der Waals surface area contributed by atoms with Gasteiger partial charge in [-0.3, -0.25) is 4.79 Å². The molecular formula is C22H28N2O6S. The van der Waals surface area contributed by atoms with Crippen molar-refractivity contribution in [2.24, 2.45) is 0 Å². The average molecular weight is 449 g/mol. The minimum atomic E-state index is -3.90. The summed E-state index contributed by atoms with van der Waals surface area (Å²) in [5.41, 5.74) is 1.47. The minimum Gasteiger partial charge on any atom is -0.496 e. The molecule has 0 aromatic heterocycles. The number of benzene rings is 2. The van der Waals surface area contributed by atoms with Crippen molar-refractivity contribution >= 4 is 27.6 Å². The molecule has 0 aliphatic heterocycles. The second-order valence-electron chi connectivity index (χ2n) is 7.03. The van der Waals surface area contributed by atoms with Gasteiger partial charge in [-0.2, -0.15) is 4.72 Å². The molecule has 1 atom stereocenters. The first-order valence-corrected chi connectivity index (χ1v) is 11.4. The maximum absolute atomic E-state index is 12.6. The number of unbranched alkanes of at least 4 members (excludes halogenated alkanes) is 1. The molecule has 0 spiro atoms. The van der Waals surface area contributed by atoms with Crippen LogP contribution in [0.25, 0.3) is 0 Å². The van der Waals surface area contributed by atoms with E-state index in [1.165, 1.54) is 26.2 Å². The van der Waals surface area contributed by atoms with E-state index >= 15 is 0 Å². The van der Waals surface area contributed by atoms with Crippen LogP contribution in [0.3, 0.4) is 0 Å². The smallest absolute Gasteiger partial charge is 0.338 e. The van der Waals surface area contributed by atoms with E-state index in [4.69, 9.17) is 9.47 Å². The zero-order valence-electron chi connectivity index (χ0n) is 18.1. The number of amides is 1. The predicted molar refractivity (Wildman–Crippen MR) is 118 cm³/mol. The van der Waals surface area contributed by atoms with E-state index in [9.17, 15) is 18.0 Å². The van der Waals surface area contributed by atoms with Gasteiger partial charge in [0.15, 0.2) is 0 Å². The monoisotopic (exact) mass is 448 g/mol. The topological polar surface area (TPSA) is 111 Å². The first-order chi connectivity index (χ1) is 14.7. The Labute approximate surface area is 183 Å². The highest BCUT2D eigenvalue weighted by Crippen LogP contribution is 2.21. The van der Waals surface area contributed by atoms with Gasteiger partial charge in [-0.1, -0.05) is 13.3 Å². The van der Waals surface area contributed by atoms with E-state index in [0.717, 1.165) is 12.8 Å². The molecule has 0 saturated heterocycles. The van der Waals surface area contributed by atoms with Gasteiger partial charge in [0.05, 0.1) is 30.2 Å². The zero-order chi connectivity index (χ0) is 23.0. The highest BCUT2D eigenvalue weighted by molar-refractivity contribution is 7.89. The average Bonchev–Trinajstić information content (AvgIpc) is 2.74. The number of hydrogen-bond acceptors (Lipinski definition) is 6. The molecule has 1 amide bonds. The maximum Gasteiger partial charge on any atom is 0.338 e. The Morgan fingerprint density at radius 1 is 1.10 bits per heavy atom. The van der Waals surface area contributed by atoms with Gasteiger partial charge in [0.25, 0.3) is 0 Å². The fourth-order valence-electron chi connectivity index (χ4n) is 2.71. The van der Waals surface area contributed by atoms with Crippen LogP contribution in [0.5, 0.6) is 5.75 Å². The van der Waals surface area contributed by atoms with Crippen molar-refractivity contribution in [1.29, 1.82) is 0 Å². The van der Waals surface area contributed by atoms with Crippen LogP contribution in [0.1, 0.15) is 42.6 Å². The van der Waals surface area contributed by atoms with Crippen LogP contribution in [-0.2, 0) is 19.6 Å². The highest BCUT2D eigenvalue weighted by Gasteiger charge is 2.23. The van der Waals surface area contributed by atoms with Crippen LogP contribution in [0.4, 0.5) is 5.69 Å². The van der Waals surface area contributed by atoms with Crippen LogP contribution < -0.4 is 14.8 Å². The second kappa shape index (κ2) is 10.9. The summed E-state index contributed by atoms with van der Waals surface area (Å²) in [6.45, 7) is 5.55. The standard InChI is InChI=1S/C22H28N2O6S/c1-5-6-13-30-22(26)17-7-9-18(10-8-17)23-21(25)16(3)24-31(27,28)19-11-12-20(29-4)15(2)14-19/h7-12,14,16,24H,5-6,13H2,1-4H3,(H,23,25)/t16-/m0/s1. The van der Waals surface area contributed by atoms with Gasteiger partial charge in [-0.05, 0) is 68.3 Å². The van der Waals surface area contributed by atoms with Gasteiger partial charge >= 0.3 is 5.97 Å². The van der Waals surface area contributed by atoms with Gasteiger partial charge < -0.3 is 14.8 Å². The molecule has 0 aliphatic rings. The van der Waals surface area contributed by atoms with Gasteiger partial charge in [0.1, 0.15) is 5.75 Å². The summed E-state index contributed by atoms with van der Waals surface area (Å²) in [4.78, 5) is 24.4. The molecule has 0 saturated carbocycles. The lowest BCUT2D eigenvalue weighted by atomic mass is 10.2. The molecule has 8 nitrogen and oxygen atoms in total. The van der Waals surface area contributed by atoms with Crippen LogP contribution in [0.15, 0.2) is 47.4 Å². The number of carbonyl (C=O) groups is 2. The molecule has 2 aromatic rings. The molecule has 168 valence electrons. The van der Waals surface area contributed by atoms with Crippen LogP contribution in [0.2, 0.25) is 0 Å². The molecular weight excluding hydrogens is 420 g/mol. The van der Waals surface area contributed by atoms with Crippen molar-refractivity contribution < 1.29 is 27.5 Å². The first kappa shape index (κ1) is 24.4. The molecule has 0 bridgehead atoms. The number of aryl methyl sites for hydroxylation is 1. The number of esters is 1. The van der Waals surface area contributed by atoms with E-state index in [0.29, 0.717) is 29.2 Å². The van der Waals surface area contributed by atoms with E-state index in [1.54, 1.807) is 37.3 Å². The summed E-state index contributed by atoms with van der Waals surface area (Å²) in [6, 6.07) is 9.62. The Kier molecular flexibility index (Phi) is 8.58. The molecule has 0 unspecified atom stereocenters. The Hall–Kier alpha value is -2.91. The van der Waals surface area contributed by atoms with Crippen molar-refractivity contribution in [2.45, 2.75) is 44.6 Å². The second-order valence-corrected chi connectivity index (χ2v) is 8.74. The van der Waals surface area contributed by atoms with Crippen LogP contribution in [0, 0.1) is 6.92 Å². The predicted octanol–water partition coefficient (Wildman–Crippen LogP) is 3.27. The molecule has 0 fully saturated rings. The van der Waals surface area contributed by atoms with Crippen molar-refractivity contribution in [1.82, 2.24) is 4.72 Å². The molecule has 9 heteroatoms. The molecule has 0 radical (unpaired) electrons. The minimum absolute atomic E-state index is 0.0383. The number of ether oxygens (including phenoxy) is 2. The maximum atomic E-state index is 12.6. The summed E-state index contributed by atoms with van der Waals surface area (Å²) in [5, 5.41) is 2.63. The number of sulfonamides is 1. The van der Waals surface area contributed by atoms with Gasteiger partial charge in [-0.15, -0.1) is 0 Å². The van der Waals surface area contributed by atoms with Crippen molar-refractivity contribution in [3.63, 3.8) is 0 Å². The third kappa shape index (κ3) is 6.80. The van der Waals surface area contributed by atoms with Crippen molar-refractivity contribution in [2.75, 3.05) is 19.0 Å². The Morgan fingerprint density at radius 3 is 2.35 bits per heavy atom. The van der Waals surface area contributed by atoms with Crippen molar-refractivity contribution in [3.05, 3.63) is 53.6 Å². The van der Waals surface area contributed by atoms with Crippen LogP contribution in [-0.4, -0.2) is 40.1 Å². The lowest BCUT2D eigenvalue weighted by molar-refractivity contribution is -0.117. The zero-order valence-corrected chi connectivity index (χ0v) is 18.9. The summed E-state index contributed by atoms with van der Waals surface area (Å²) in [6.07, 6.45) is 1.72. The number of rotatable bonds is 10. The molecule has 2 N–H and O–H groups in total. The summed E-state index contributed by atoms with van der Waals surface area (Å²) in [5.74, 6) is -0.392. The van der Waals surface area contributed by atoms with E-state index in [2.05, 4.69) is 10.0 Å². The lowest BCUT2D eigenvalue weighted by Crippen LogP contribution is -2.41. The SMILES string of the molecule is CCCCOC(=O)c1ccc(NC(=O)[C@H](C)NS(=O)(=O)c2ccc(OC)c(C)c2)cc1. The first-order valence-electron chi connectivity index (χ1n) is 9.93. The molecule has 0 aliphatic carbocycles. The quantitative estimate of drug-likeness (QED) is 0.426. The van der Waals surface area contributed by atoms with Crippen LogP contribution >= 0.6 is 0 Å². The fraction of sp³-hybridized carbons (Fsp3) is 0.364. The van der Waals surface area contributed by atoms with E-state index in [-0.39, 0.29) is 4.90 Å². The van der Waals surface area contributed by atoms with E-state index < -0.39 is 27.9 Å². The highest BCUT2D eigenvalue weighted by atomic mass is 32.2. The molecule has 31 heavy (non-hydrogen) atoms. The Balaban J connectivity index is 1.98. The van der Waals surface area contributed by atoms with E-state index in [1.807, 2.05) is 6.92 Å². The number of anilines is 1. The fourth-order valence-corrected chi connectivity index (χ4v) is 3.99. The molecule has 2 rings (SSSR count). The Bertz CT molecular complexity index is 1020. The normalized spacial score (nSPS) is 12.1. The molecule has 2 aromatic carbocycles.